The maximum absolute atomic E-state index is 6.21. The highest BCUT2D eigenvalue weighted by Crippen LogP contribution is 2.14. The highest BCUT2D eigenvalue weighted by Gasteiger charge is 2.03. The third-order valence-electron chi connectivity index (χ3n) is 3.96. The van der Waals surface area contributed by atoms with Gasteiger partial charge in [-0.15, -0.1) is 24.0 Å². The number of aromatic nitrogens is 3. The van der Waals surface area contributed by atoms with Gasteiger partial charge in [-0.2, -0.15) is 5.10 Å². The van der Waals surface area contributed by atoms with E-state index in [9.17, 15) is 0 Å². The molecular formula is C20H24ClIN6. The van der Waals surface area contributed by atoms with Gasteiger partial charge < -0.3 is 10.6 Å². The molecule has 0 radical (unpaired) electrons. The normalized spacial score (nSPS) is 11.0. The molecule has 0 bridgehead atoms. The Hall–Kier alpha value is -2.13. The van der Waals surface area contributed by atoms with Crippen LogP contribution in [0.4, 0.5) is 0 Å². The van der Waals surface area contributed by atoms with Crippen LogP contribution < -0.4 is 10.6 Å². The van der Waals surface area contributed by atoms with Gasteiger partial charge in [0.15, 0.2) is 11.8 Å². The lowest BCUT2D eigenvalue weighted by Gasteiger charge is -2.12. The summed E-state index contributed by atoms with van der Waals surface area (Å²) in [7, 11) is 0. The first-order valence-electron chi connectivity index (χ1n) is 8.97. The van der Waals surface area contributed by atoms with Gasteiger partial charge in [-0.3, -0.25) is 0 Å². The van der Waals surface area contributed by atoms with Gasteiger partial charge in [-0.1, -0.05) is 29.8 Å². The zero-order valence-electron chi connectivity index (χ0n) is 15.7. The van der Waals surface area contributed by atoms with Crippen molar-refractivity contribution in [1.29, 1.82) is 0 Å². The smallest absolute Gasteiger partial charge is 0.191 e. The van der Waals surface area contributed by atoms with Crippen LogP contribution in [0.1, 0.15) is 18.1 Å². The van der Waals surface area contributed by atoms with Gasteiger partial charge in [0.2, 0.25) is 0 Å². The third-order valence-corrected chi connectivity index (χ3v) is 4.33. The highest BCUT2D eigenvalue weighted by molar-refractivity contribution is 14.0. The number of pyridine rings is 1. The molecule has 2 aromatic heterocycles. The maximum atomic E-state index is 6.21. The molecule has 3 rings (SSSR count). The number of hydrogen-bond acceptors (Lipinski definition) is 3. The van der Waals surface area contributed by atoms with Crippen LogP contribution in [0.15, 0.2) is 66.0 Å². The standard InChI is InChI=1S/C20H23ClN6.HI/c1-2-22-20(24-12-9-17-6-3-4-7-18(17)21)25-15-16-8-11-23-19(14-16)27-13-5-10-26-27;/h3-8,10-11,13-14H,2,9,12,15H2,1H3,(H2,22,24,25);1H. The second-order valence-electron chi connectivity index (χ2n) is 5.94. The number of guanidine groups is 1. The van der Waals surface area contributed by atoms with Gasteiger partial charge in [0, 0.05) is 36.7 Å². The van der Waals surface area contributed by atoms with Crippen molar-refractivity contribution in [1.82, 2.24) is 25.4 Å². The molecule has 28 heavy (non-hydrogen) atoms. The molecule has 1 aromatic carbocycles. The Kier molecular flexibility index (Phi) is 9.22. The quantitative estimate of drug-likeness (QED) is 0.288. The van der Waals surface area contributed by atoms with Gasteiger partial charge in [0.05, 0.1) is 6.54 Å². The van der Waals surface area contributed by atoms with Crippen LogP contribution in [0.2, 0.25) is 5.02 Å². The molecule has 6 nitrogen and oxygen atoms in total. The molecule has 0 spiro atoms. The van der Waals surface area contributed by atoms with Crippen molar-refractivity contribution in [2.24, 2.45) is 4.99 Å². The summed E-state index contributed by atoms with van der Waals surface area (Å²) < 4.78 is 1.74. The molecule has 0 fully saturated rings. The second kappa shape index (κ2) is 11.7. The molecule has 2 heterocycles. The Morgan fingerprint density at radius 3 is 2.75 bits per heavy atom. The van der Waals surface area contributed by atoms with Crippen LogP contribution in [0, 0.1) is 0 Å². The van der Waals surface area contributed by atoms with Gasteiger partial charge in [0.1, 0.15) is 0 Å². The van der Waals surface area contributed by atoms with Crippen LogP contribution in [-0.4, -0.2) is 33.8 Å². The first kappa shape index (κ1) is 22.2. The Labute approximate surface area is 187 Å². The van der Waals surface area contributed by atoms with Gasteiger partial charge in [0.25, 0.3) is 0 Å². The fraction of sp³-hybridized carbons (Fsp3) is 0.250. The summed E-state index contributed by atoms with van der Waals surface area (Å²) in [6.07, 6.45) is 6.22. The van der Waals surface area contributed by atoms with Crippen molar-refractivity contribution < 1.29 is 0 Å². The summed E-state index contributed by atoms with van der Waals surface area (Å²) in [4.78, 5) is 9.01. The number of aliphatic imine (C=N–C) groups is 1. The minimum atomic E-state index is 0. The average Bonchev–Trinajstić information content (AvgIpc) is 3.23. The molecule has 8 heteroatoms. The monoisotopic (exact) mass is 510 g/mol. The Morgan fingerprint density at radius 1 is 1.14 bits per heavy atom. The summed E-state index contributed by atoms with van der Waals surface area (Å²) in [5.74, 6) is 1.56. The van der Waals surface area contributed by atoms with Crippen LogP contribution in [0.5, 0.6) is 0 Å². The number of benzene rings is 1. The SMILES string of the molecule is CCNC(=NCc1ccnc(-n2cccn2)c1)NCCc1ccccc1Cl.I. The van der Waals surface area contributed by atoms with Crippen LogP contribution >= 0.6 is 35.6 Å². The molecule has 148 valence electrons. The first-order chi connectivity index (χ1) is 13.3. The van der Waals surface area contributed by atoms with Crippen molar-refractivity contribution in [3.8, 4) is 5.82 Å². The lowest BCUT2D eigenvalue weighted by molar-refractivity contribution is 0.798. The number of hydrogen-bond donors (Lipinski definition) is 2. The molecule has 2 N–H and O–H groups in total. The lowest BCUT2D eigenvalue weighted by atomic mass is 10.1. The van der Waals surface area contributed by atoms with Crippen molar-refractivity contribution in [3.05, 3.63) is 77.2 Å². The third kappa shape index (κ3) is 6.49. The fourth-order valence-corrected chi connectivity index (χ4v) is 2.85. The number of rotatable bonds is 7. The molecule has 0 aliphatic carbocycles. The zero-order valence-corrected chi connectivity index (χ0v) is 18.8. The molecule has 0 aliphatic heterocycles. The molecule has 0 amide bonds. The maximum Gasteiger partial charge on any atom is 0.191 e. The van der Waals surface area contributed by atoms with E-state index in [-0.39, 0.29) is 24.0 Å². The summed E-state index contributed by atoms with van der Waals surface area (Å²) in [6, 6.07) is 13.7. The van der Waals surface area contributed by atoms with E-state index in [1.54, 1.807) is 17.1 Å². The Balaban J connectivity index is 0.00000280. The van der Waals surface area contributed by atoms with E-state index in [0.29, 0.717) is 6.54 Å². The van der Waals surface area contributed by atoms with Crippen molar-refractivity contribution in [2.45, 2.75) is 19.9 Å². The summed E-state index contributed by atoms with van der Waals surface area (Å²) in [6.45, 7) is 4.16. The van der Waals surface area contributed by atoms with Crippen molar-refractivity contribution in [3.63, 3.8) is 0 Å². The van der Waals surface area contributed by atoms with Gasteiger partial charge >= 0.3 is 0 Å². The minimum absolute atomic E-state index is 0. The van der Waals surface area contributed by atoms with E-state index >= 15 is 0 Å². The lowest BCUT2D eigenvalue weighted by Crippen LogP contribution is -2.38. The number of halogens is 2. The largest absolute Gasteiger partial charge is 0.357 e. The molecule has 0 unspecified atom stereocenters. The van der Waals surface area contributed by atoms with E-state index in [2.05, 4.69) is 25.7 Å². The molecule has 0 atom stereocenters. The first-order valence-corrected chi connectivity index (χ1v) is 9.34. The highest BCUT2D eigenvalue weighted by atomic mass is 127. The van der Waals surface area contributed by atoms with Crippen LogP contribution in [0.3, 0.4) is 0 Å². The number of nitrogens with one attached hydrogen (secondary N) is 2. The summed E-state index contributed by atoms with van der Waals surface area (Å²) >= 11 is 6.21. The van der Waals surface area contributed by atoms with Crippen molar-refractivity contribution in [2.75, 3.05) is 13.1 Å². The van der Waals surface area contributed by atoms with Crippen molar-refractivity contribution >= 4 is 41.5 Å². The molecular weight excluding hydrogens is 487 g/mol. The van der Waals surface area contributed by atoms with Crippen LogP contribution in [0.25, 0.3) is 5.82 Å². The predicted octanol–water partition coefficient (Wildman–Crippen LogP) is 3.84. The van der Waals surface area contributed by atoms with Gasteiger partial charge in [-0.25, -0.2) is 14.7 Å². The fourth-order valence-electron chi connectivity index (χ4n) is 2.62. The van der Waals surface area contributed by atoms with E-state index in [0.717, 1.165) is 47.4 Å². The molecule has 3 aromatic rings. The average molecular weight is 511 g/mol. The van der Waals surface area contributed by atoms with E-state index in [1.165, 1.54) is 0 Å². The molecule has 0 aliphatic rings. The minimum Gasteiger partial charge on any atom is -0.357 e. The zero-order chi connectivity index (χ0) is 18.9. The summed E-state index contributed by atoms with van der Waals surface area (Å²) in [5, 5.41) is 11.6. The van der Waals surface area contributed by atoms with E-state index in [1.807, 2.05) is 55.6 Å². The molecule has 0 saturated heterocycles. The van der Waals surface area contributed by atoms with E-state index < -0.39 is 0 Å². The van der Waals surface area contributed by atoms with Crippen LogP contribution in [-0.2, 0) is 13.0 Å². The Bertz CT molecular complexity index is 882. The second-order valence-corrected chi connectivity index (χ2v) is 6.34. The summed E-state index contributed by atoms with van der Waals surface area (Å²) in [5.41, 5.74) is 2.19. The van der Waals surface area contributed by atoms with Gasteiger partial charge in [-0.05, 0) is 48.7 Å². The van der Waals surface area contributed by atoms with E-state index in [4.69, 9.17) is 11.6 Å². The predicted molar refractivity (Wildman–Crippen MR) is 125 cm³/mol. The number of nitrogens with zero attached hydrogens (tertiary/aromatic N) is 4. The molecule has 0 saturated carbocycles. The Morgan fingerprint density at radius 2 is 2.00 bits per heavy atom. The topological polar surface area (TPSA) is 67.1 Å².